The summed E-state index contributed by atoms with van der Waals surface area (Å²) in [6.07, 6.45) is 0.834. The second-order valence-corrected chi connectivity index (χ2v) is 4.54. The Morgan fingerprint density at radius 2 is 2.00 bits per heavy atom. The molecule has 0 aliphatic carbocycles. The number of nitrogens with two attached hydrogens (primary N) is 1. The zero-order valence-corrected chi connectivity index (χ0v) is 11.2. The van der Waals surface area contributed by atoms with Crippen molar-refractivity contribution in [1.82, 2.24) is 0 Å². The monoisotopic (exact) mass is 258 g/mol. The Morgan fingerprint density at radius 3 is 2.47 bits per heavy atom. The molecule has 1 atom stereocenters. The maximum Gasteiger partial charge on any atom is 0.272 e. The van der Waals surface area contributed by atoms with Gasteiger partial charge in [-0.3, -0.25) is 10.1 Å². The first-order valence-corrected chi connectivity index (χ1v) is 5.42. The molecule has 0 radical (unpaired) electrons. The molecule has 1 aromatic carbocycles. The minimum Gasteiger partial charge on any atom is -0.324 e. The smallest absolute Gasteiger partial charge is 0.272 e. The number of hydrogen-bond acceptors (Lipinski definition) is 3. The van der Waals surface area contributed by atoms with Crippen LogP contribution in [-0.4, -0.2) is 4.92 Å². The highest BCUT2D eigenvalue weighted by atomic mass is 35.5. The molecular formula is C12H19ClN2O2. The summed E-state index contributed by atoms with van der Waals surface area (Å²) in [7, 11) is 0. The second-order valence-electron chi connectivity index (χ2n) is 4.54. The number of aryl methyl sites for hydroxylation is 1. The van der Waals surface area contributed by atoms with Gasteiger partial charge in [-0.2, -0.15) is 0 Å². The summed E-state index contributed by atoms with van der Waals surface area (Å²) in [6, 6.07) is 5.09. The molecule has 1 aromatic rings. The van der Waals surface area contributed by atoms with Crippen molar-refractivity contribution in [2.45, 2.75) is 33.2 Å². The lowest BCUT2D eigenvalue weighted by atomic mass is 9.96. The molecule has 2 N–H and O–H groups in total. The molecule has 5 heteroatoms. The van der Waals surface area contributed by atoms with Gasteiger partial charge in [0.15, 0.2) is 0 Å². The highest BCUT2D eigenvalue weighted by Gasteiger charge is 2.15. The van der Waals surface area contributed by atoms with Gasteiger partial charge in [-0.1, -0.05) is 26.0 Å². The van der Waals surface area contributed by atoms with Gasteiger partial charge in [-0.25, -0.2) is 0 Å². The molecule has 0 aliphatic rings. The SMILES string of the molecule is Cc1ccc([C@H](N)CC(C)C)cc1[N+](=O)[O-].Cl. The Labute approximate surface area is 108 Å². The lowest BCUT2D eigenvalue weighted by molar-refractivity contribution is -0.385. The lowest BCUT2D eigenvalue weighted by Gasteiger charge is -2.14. The van der Waals surface area contributed by atoms with Gasteiger partial charge in [0.05, 0.1) is 4.92 Å². The summed E-state index contributed by atoms with van der Waals surface area (Å²) in [5.74, 6) is 0.482. The number of nitro benzene ring substituents is 1. The number of rotatable bonds is 4. The van der Waals surface area contributed by atoms with E-state index in [0.717, 1.165) is 12.0 Å². The molecule has 0 heterocycles. The Kier molecular flexibility index (Phi) is 6.13. The van der Waals surface area contributed by atoms with Crippen LogP contribution in [0.4, 0.5) is 5.69 Å². The van der Waals surface area contributed by atoms with Crippen LogP contribution in [0, 0.1) is 23.0 Å². The van der Waals surface area contributed by atoms with Crippen molar-refractivity contribution in [3.63, 3.8) is 0 Å². The fourth-order valence-electron chi connectivity index (χ4n) is 1.70. The number of benzene rings is 1. The molecule has 0 saturated carbocycles. The van der Waals surface area contributed by atoms with Gasteiger partial charge in [0, 0.05) is 17.7 Å². The van der Waals surface area contributed by atoms with Crippen molar-refractivity contribution in [3.8, 4) is 0 Å². The quantitative estimate of drug-likeness (QED) is 0.665. The van der Waals surface area contributed by atoms with Crippen LogP contribution in [0.2, 0.25) is 0 Å². The number of nitro groups is 1. The van der Waals surface area contributed by atoms with Crippen molar-refractivity contribution in [3.05, 3.63) is 39.4 Å². The van der Waals surface area contributed by atoms with Crippen LogP contribution in [-0.2, 0) is 0 Å². The summed E-state index contributed by atoms with van der Waals surface area (Å²) >= 11 is 0. The third kappa shape index (κ3) is 4.32. The highest BCUT2D eigenvalue weighted by molar-refractivity contribution is 5.85. The highest BCUT2D eigenvalue weighted by Crippen LogP contribution is 2.25. The van der Waals surface area contributed by atoms with Gasteiger partial charge in [-0.15, -0.1) is 12.4 Å². The van der Waals surface area contributed by atoms with Crippen molar-refractivity contribution < 1.29 is 4.92 Å². The van der Waals surface area contributed by atoms with Crippen LogP contribution >= 0.6 is 12.4 Å². The van der Waals surface area contributed by atoms with Crippen LogP contribution in [0.5, 0.6) is 0 Å². The zero-order valence-electron chi connectivity index (χ0n) is 10.3. The van der Waals surface area contributed by atoms with E-state index in [1.165, 1.54) is 0 Å². The molecule has 1 rings (SSSR count). The molecule has 0 saturated heterocycles. The molecule has 0 aliphatic heterocycles. The van der Waals surface area contributed by atoms with Gasteiger partial charge < -0.3 is 5.73 Å². The molecule has 0 aromatic heterocycles. The van der Waals surface area contributed by atoms with Crippen LogP contribution in [0.3, 0.4) is 0 Å². The van der Waals surface area contributed by atoms with Crippen LogP contribution in [0.25, 0.3) is 0 Å². The first kappa shape index (κ1) is 15.9. The normalized spacial score (nSPS) is 12.1. The summed E-state index contributed by atoms with van der Waals surface area (Å²) < 4.78 is 0. The second kappa shape index (κ2) is 6.57. The van der Waals surface area contributed by atoms with Crippen molar-refractivity contribution in [1.29, 1.82) is 0 Å². The molecule has 0 spiro atoms. The van der Waals surface area contributed by atoms with E-state index in [4.69, 9.17) is 5.73 Å². The average Bonchev–Trinajstić information content (AvgIpc) is 2.16. The maximum absolute atomic E-state index is 10.8. The molecular weight excluding hydrogens is 240 g/mol. The van der Waals surface area contributed by atoms with Crippen molar-refractivity contribution >= 4 is 18.1 Å². The van der Waals surface area contributed by atoms with Crippen LogP contribution < -0.4 is 5.73 Å². The largest absolute Gasteiger partial charge is 0.324 e. The standard InChI is InChI=1S/C12H18N2O2.ClH/c1-8(2)6-11(13)10-5-4-9(3)12(7-10)14(15)16;/h4-5,7-8,11H,6,13H2,1-3H3;1H/t11-;/m1./s1. The fourth-order valence-corrected chi connectivity index (χ4v) is 1.70. The van der Waals surface area contributed by atoms with Gasteiger partial charge in [0.25, 0.3) is 5.69 Å². The van der Waals surface area contributed by atoms with E-state index in [0.29, 0.717) is 11.5 Å². The number of nitrogens with zero attached hydrogens (tertiary/aromatic N) is 1. The van der Waals surface area contributed by atoms with Crippen LogP contribution in [0.1, 0.15) is 37.4 Å². The molecule has 0 bridgehead atoms. The molecule has 0 unspecified atom stereocenters. The van der Waals surface area contributed by atoms with Crippen LogP contribution in [0.15, 0.2) is 18.2 Å². The van der Waals surface area contributed by atoms with Crippen molar-refractivity contribution in [2.24, 2.45) is 11.7 Å². The van der Waals surface area contributed by atoms with E-state index < -0.39 is 0 Å². The van der Waals surface area contributed by atoms with E-state index in [9.17, 15) is 10.1 Å². The zero-order chi connectivity index (χ0) is 12.3. The van der Waals surface area contributed by atoms with Gasteiger partial charge in [0.1, 0.15) is 0 Å². The predicted molar refractivity (Wildman–Crippen MR) is 71.5 cm³/mol. The molecule has 0 amide bonds. The summed E-state index contributed by atoms with van der Waals surface area (Å²) in [4.78, 5) is 10.4. The minimum absolute atomic E-state index is 0. The van der Waals surface area contributed by atoms with Gasteiger partial charge >= 0.3 is 0 Å². The summed E-state index contributed by atoms with van der Waals surface area (Å²) in [5, 5.41) is 10.8. The van der Waals surface area contributed by atoms with E-state index in [1.54, 1.807) is 19.1 Å². The third-order valence-electron chi connectivity index (χ3n) is 2.58. The van der Waals surface area contributed by atoms with E-state index >= 15 is 0 Å². The fraction of sp³-hybridized carbons (Fsp3) is 0.500. The lowest BCUT2D eigenvalue weighted by Crippen LogP contribution is -2.13. The van der Waals surface area contributed by atoms with Crippen molar-refractivity contribution in [2.75, 3.05) is 0 Å². The molecule has 17 heavy (non-hydrogen) atoms. The molecule has 0 fully saturated rings. The average molecular weight is 259 g/mol. The number of hydrogen-bond donors (Lipinski definition) is 1. The Morgan fingerprint density at radius 1 is 1.41 bits per heavy atom. The first-order chi connectivity index (χ1) is 7.41. The third-order valence-corrected chi connectivity index (χ3v) is 2.58. The Bertz CT molecular complexity index is 394. The first-order valence-electron chi connectivity index (χ1n) is 5.42. The van der Waals surface area contributed by atoms with E-state index in [2.05, 4.69) is 13.8 Å². The number of halogens is 1. The molecule has 4 nitrogen and oxygen atoms in total. The minimum atomic E-state index is -0.360. The topological polar surface area (TPSA) is 69.2 Å². The maximum atomic E-state index is 10.8. The Hall–Kier alpha value is -1.13. The van der Waals surface area contributed by atoms with Gasteiger partial charge in [0.2, 0.25) is 0 Å². The van der Waals surface area contributed by atoms with E-state index in [1.807, 2.05) is 6.07 Å². The summed E-state index contributed by atoms with van der Waals surface area (Å²) in [5.41, 5.74) is 7.65. The summed E-state index contributed by atoms with van der Waals surface area (Å²) in [6.45, 7) is 5.90. The van der Waals surface area contributed by atoms with E-state index in [-0.39, 0.29) is 29.1 Å². The molecule has 96 valence electrons. The predicted octanol–water partition coefficient (Wildman–Crippen LogP) is 3.37. The Balaban J connectivity index is 0.00000256. The van der Waals surface area contributed by atoms with Gasteiger partial charge in [-0.05, 0) is 24.8 Å².